The molecule has 3 aromatic rings. The molecule has 0 saturated carbocycles. The molecular weight excluding hydrogens is 433 g/mol. The number of carbonyl (C=O) groups is 3. The molecule has 0 spiro atoms. The number of amides is 3. The summed E-state index contributed by atoms with van der Waals surface area (Å²) in [6, 6.07) is 13.7. The SMILES string of the molecule is Cc1cc(C(=O)CN2C(=O)NC(C)(c3ccc(Cl)cc3)C2=O)c(C)n1-c1cccc(F)c1. The fraction of sp³-hybridized carbons (Fsp3) is 0.208. The zero-order valence-corrected chi connectivity index (χ0v) is 18.5. The molecule has 1 aliphatic heterocycles. The second kappa shape index (κ2) is 7.91. The van der Waals surface area contributed by atoms with E-state index in [1.165, 1.54) is 12.1 Å². The van der Waals surface area contributed by atoms with Crippen LogP contribution in [0.5, 0.6) is 0 Å². The first-order chi connectivity index (χ1) is 15.1. The molecule has 6 nitrogen and oxygen atoms in total. The fourth-order valence-electron chi connectivity index (χ4n) is 4.11. The highest BCUT2D eigenvalue weighted by molar-refractivity contribution is 6.30. The summed E-state index contributed by atoms with van der Waals surface area (Å²) in [5.74, 6) is -1.29. The lowest BCUT2D eigenvalue weighted by Gasteiger charge is -2.22. The van der Waals surface area contributed by atoms with Crippen LogP contribution in [0.2, 0.25) is 5.02 Å². The first-order valence-corrected chi connectivity index (χ1v) is 10.4. The van der Waals surface area contributed by atoms with E-state index in [1.807, 2.05) is 0 Å². The van der Waals surface area contributed by atoms with Gasteiger partial charge in [0.25, 0.3) is 5.91 Å². The number of nitrogens with zero attached hydrogens (tertiary/aromatic N) is 2. The van der Waals surface area contributed by atoms with Gasteiger partial charge in [-0.3, -0.25) is 14.5 Å². The highest BCUT2D eigenvalue weighted by Crippen LogP contribution is 2.30. The van der Waals surface area contributed by atoms with Crippen LogP contribution < -0.4 is 5.32 Å². The Morgan fingerprint density at radius 1 is 1.09 bits per heavy atom. The van der Waals surface area contributed by atoms with Crippen LogP contribution in [0.3, 0.4) is 0 Å². The first-order valence-electron chi connectivity index (χ1n) is 10.00. The second-order valence-electron chi connectivity index (χ2n) is 7.98. The minimum absolute atomic E-state index is 0.368. The Hall–Kier alpha value is -3.45. The van der Waals surface area contributed by atoms with Crippen molar-refractivity contribution in [1.82, 2.24) is 14.8 Å². The van der Waals surface area contributed by atoms with Crippen molar-refractivity contribution in [2.75, 3.05) is 6.54 Å². The molecular formula is C24H21ClFN3O3. The topological polar surface area (TPSA) is 71.4 Å². The zero-order chi connectivity index (χ0) is 23.2. The number of urea groups is 1. The Labute approximate surface area is 189 Å². The predicted molar refractivity (Wildman–Crippen MR) is 119 cm³/mol. The van der Waals surface area contributed by atoms with E-state index in [1.54, 1.807) is 67.8 Å². The van der Waals surface area contributed by atoms with Crippen LogP contribution in [0.1, 0.15) is 34.2 Å². The smallest absolute Gasteiger partial charge is 0.319 e. The van der Waals surface area contributed by atoms with Crippen molar-refractivity contribution >= 4 is 29.3 Å². The molecule has 4 rings (SSSR count). The maximum atomic E-state index is 13.7. The number of Topliss-reactive ketones (excluding diaryl/α,β-unsaturated/α-hetero) is 1. The number of aryl methyl sites for hydroxylation is 1. The maximum absolute atomic E-state index is 13.7. The molecule has 1 aliphatic rings. The molecule has 2 heterocycles. The highest BCUT2D eigenvalue weighted by Gasteiger charge is 2.49. The molecule has 1 aromatic heterocycles. The van der Waals surface area contributed by atoms with Crippen molar-refractivity contribution in [1.29, 1.82) is 0 Å². The first kappa shape index (κ1) is 21.8. The molecule has 1 N–H and O–H groups in total. The predicted octanol–water partition coefficient (Wildman–Crippen LogP) is 4.54. The third-order valence-corrected chi connectivity index (χ3v) is 6.05. The average Bonchev–Trinajstić information content (AvgIpc) is 3.16. The molecule has 0 aliphatic carbocycles. The van der Waals surface area contributed by atoms with Crippen LogP contribution >= 0.6 is 11.6 Å². The van der Waals surface area contributed by atoms with E-state index in [2.05, 4.69) is 5.32 Å². The van der Waals surface area contributed by atoms with Gasteiger partial charge in [-0.25, -0.2) is 9.18 Å². The van der Waals surface area contributed by atoms with Crippen LogP contribution in [0, 0.1) is 19.7 Å². The Morgan fingerprint density at radius 3 is 2.44 bits per heavy atom. The maximum Gasteiger partial charge on any atom is 0.325 e. The van der Waals surface area contributed by atoms with Gasteiger partial charge in [0.2, 0.25) is 0 Å². The summed E-state index contributed by atoms with van der Waals surface area (Å²) in [6.07, 6.45) is 0. The van der Waals surface area contributed by atoms with Crippen LogP contribution in [0.4, 0.5) is 9.18 Å². The molecule has 0 radical (unpaired) electrons. The fourth-order valence-corrected chi connectivity index (χ4v) is 4.23. The van der Waals surface area contributed by atoms with Gasteiger partial charge in [0.1, 0.15) is 11.4 Å². The van der Waals surface area contributed by atoms with Crippen LogP contribution in [-0.4, -0.2) is 33.7 Å². The number of benzene rings is 2. The average molecular weight is 454 g/mol. The number of aromatic nitrogens is 1. The molecule has 1 saturated heterocycles. The summed E-state index contributed by atoms with van der Waals surface area (Å²) in [4.78, 5) is 39.7. The Balaban J connectivity index is 1.61. The number of carbonyl (C=O) groups excluding carboxylic acids is 3. The molecule has 0 bridgehead atoms. The van der Waals surface area contributed by atoms with Gasteiger partial charge in [-0.15, -0.1) is 0 Å². The monoisotopic (exact) mass is 453 g/mol. The molecule has 8 heteroatoms. The Morgan fingerprint density at radius 2 is 1.78 bits per heavy atom. The lowest BCUT2D eigenvalue weighted by molar-refractivity contribution is -0.130. The quantitative estimate of drug-likeness (QED) is 0.455. The number of hydrogen-bond acceptors (Lipinski definition) is 3. The van der Waals surface area contributed by atoms with Gasteiger partial charge in [-0.05, 0) is 62.7 Å². The lowest BCUT2D eigenvalue weighted by atomic mass is 9.92. The van der Waals surface area contributed by atoms with Crippen LogP contribution in [-0.2, 0) is 10.3 Å². The molecule has 1 fully saturated rings. The van der Waals surface area contributed by atoms with Crippen molar-refractivity contribution in [2.45, 2.75) is 26.3 Å². The number of nitrogens with one attached hydrogen (secondary N) is 1. The number of halogens is 2. The Kier molecular flexibility index (Phi) is 5.38. The van der Waals surface area contributed by atoms with Gasteiger partial charge in [0.05, 0.1) is 6.54 Å². The molecule has 164 valence electrons. The van der Waals surface area contributed by atoms with E-state index in [0.29, 0.717) is 27.5 Å². The van der Waals surface area contributed by atoms with Gasteiger partial charge >= 0.3 is 6.03 Å². The van der Waals surface area contributed by atoms with Gasteiger partial charge < -0.3 is 9.88 Å². The highest BCUT2D eigenvalue weighted by atomic mass is 35.5. The minimum atomic E-state index is -1.29. The largest absolute Gasteiger partial charge is 0.325 e. The van der Waals surface area contributed by atoms with Crippen molar-refractivity contribution in [3.05, 3.63) is 88.0 Å². The van der Waals surface area contributed by atoms with Gasteiger partial charge in [0, 0.05) is 27.7 Å². The number of rotatable bonds is 5. The standard InChI is InChI=1S/C24H21ClFN3O3/c1-14-11-20(15(2)29(14)19-6-4-5-18(26)12-19)21(30)13-28-22(31)24(3,27-23(28)32)16-7-9-17(25)10-8-16/h4-12H,13H2,1-3H3,(H,27,32). The summed E-state index contributed by atoms with van der Waals surface area (Å²) in [6.45, 7) is 4.74. The second-order valence-corrected chi connectivity index (χ2v) is 8.41. The van der Waals surface area contributed by atoms with E-state index in [-0.39, 0.29) is 11.6 Å². The van der Waals surface area contributed by atoms with Crippen LogP contribution in [0.15, 0.2) is 54.6 Å². The normalized spacial score (nSPS) is 18.2. The van der Waals surface area contributed by atoms with E-state index < -0.39 is 24.0 Å². The third kappa shape index (κ3) is 3.58. The van der Waals surface area contributed by atoms with E-state index in [9.17, 15) is 18.8 Å². The molecule has 32 heavy (non-hydrogen) atoms. The van der Waals surface area contributed by atoms with E-state index in [4.69, 9.17) is 11.6 Å². The molecule has 3 amide bonds. The summed E-state index contributed by atoms with van der Waals surface area (Å²) in [5.41, 5.74) is 1.57. The van der Waals surface area contributed by atoms with Crippen molar-refractivity contribution in [2.24, 2.45) is 0 Å². The zero-order valence-electron chi connectivity index (χ0n) is 17.8. The number of ketones is 1. The number of hydrogen-bond donors (Lipinski definition) is 1. The minimum Gasteiger partial charge on any atom is -0.319 e. The van der Waals surface area contributed by atoms with Crippen molar-refractivity contribution in [3.63, 3.8) is 0 Å². The molecule has 2 aromatic carbocycles. The molecule has 1 atom stereocenters. The Bertz CT molecular complexity index is 1250. The summed E-state index contributed by atoms with van der Waals surface area (Å²) in [7, 11) is 0. The van der Waals surface area contributed by atoms with E-state index >= 15 is 0 Å². The van der Waals surface area contributed by atoms with E-state index in [0.717, 1.165) is 10.6 Å². The van der Waals surface area contributed by atoms with Gasteiger partial charge in [0.15, 0.2) is 5.78 Å². The van der Waals surface area contributed by atoms with Crippen LogP contribution in [0.25, 0.3) is 5.69 Å². The summed E-state index contributed by atoms with van der Waals surface area (Å²) >= 11 is 5.93. The van der Waals surface area contributed by atoms with Crippen molar-refractivity contribution < 1.29 is 18.8 Å². The van der Waals surface area contributed by atoms with Gasteiger partial charge in [-0.1, -0.05) is 29.8 Å². The van der Waals surface area contributed by atoms with Crippen molar-refractivity contribution in [3.8, 4) is 5.69 Å². The summed E-state index contributed by atoms with van der Waals surface area (Å²) < 4.78 is 15.5. The molecule has 1 unspecified atom stereocenters. The third-order valence-electron chi connectivity index (χ3n) is 5.80. The lowest BCUT2D eigenvalue weighted by Crippen LogP contribution is -2.41. The summed E-state index contributed by atoms with van der Waals surface area (Å²) in [5, 5.41) is 3.19. The number of imide groups is 1. The van der Waals surface area contributed by atoms with Gasteiger partial charge in [-0.2, -0.15) is 0 Å².